The maximum Gasteiger partial charge on any atom is 0.297 e. The highest BCUT2D eigenvalue weighted by molar-refractivity contribution is 5.89. The minimum Gasteiger partial charge on any atom is -0.379 e. The number of aryl methyl sites for hydroxylation is 1. The van der Waals surface area contributed by atoms with E-state index >= 15 is 0 Å². The quantitative estimate of drug-likeness (QED) is 0.411. The minimum absolute atomic E-state index is 0.0561. The van der Waals surface area contributed by atoms with E-state index in [1.807, 2.05) is 31.3 Å². The van der Waals surface area contributed by atoms with Gasteiger partial charge in [-0.2, -0.15) is 10.2 Å². The zero-order valence-electron chi connectivity index (χ0n) is 18.9. The molecule has 0 radical (unpaired) electrons. The first-order valence-electron chi connectivity index (χ1n) is 11.5. The molecule has 1 unspecified atom stereocenters. The van der Waals surface area contributed by atoms with Crippen molar-refractivity contribution in [1.82, 2.24) is 29.5 Å². The van der Waals surface area contributed by atoms with Gasteiger partial charge in [0, 0.05) is 35.6 Å². The van der Waals surface area contributed by atoms with E-state index in [0.29, 0.717) is 30.2 Å². The van der Waals surface area contributed by atoms with Crippen molar-refractivity contribution < 1.29 is 4.74 Å². The lowest BCUT2D eigenvalue weighted by Gasteiger charge is -2.21. The summed E-state index contributed by atoms with van der Waals surface area (Å²) in [5.41, 5.74) is 5.73. The van der Waals surface area contributed by atoms with Gasteiger partial charge in [-0.25, -0.2) is 14.3 Å². The number of rotatable bonds is 4. The van der Waals surface area contributed by atoms with E-state index in [9.17, 15) is 4.79 Å². The van der Waals surface area contributed by atoms with Crippen LogP contribution in [-0.4, -0.2) is 42.7 Å². The maximum absolute atomic E-state index is 13.2. The Morgan fingerprint density at radius 1 is 1.00 bits per heavy atom. The second-order valence-corrected chi connectivity index (χ2v) is 8.74. The molecule has 170 valence electrons. The molecule has 0 aliphatic carbocycles. The Labute approximate surface area is 196 Å². The lowest BCUT2D eigenvalue weighted by molar-refractivity contribution is 0.0540. The van der Waals surface area contributed by atoms with Crippen LogP contribution >= 0.6 is 0 Å². The molecule has 3 aliphatic heterocycles. The highest BCUT2D eigenvalue weighted by atomic mass is 16.5. The molecule has 5 heterocycles. The summed E-state index contributed by atoms with van der Waals surface area (Å²) in [5.74, 6) is 0. The second-order valence-electron chi connectivity index (χ2n) is 8.74. The Balaban J connectivity index is 1.39. The monoisotopic (exact) mass is 452 g/mol. The largest absolute Gasteiger partial charge is 0.379 e. The normalized spacial score (nSPS) is 16.3. The summed E-state index contributed by atoms with van der Waals surface area (Å²) in [6.07, 6.45) is 5.42. The zero-order valence-corrected chi connectivity index (χ0v) is 18.9. The van der Waals surface area contributed by atoms with Gasteiger partial charge in [0.25, 0.3) is 5.56 Å². The smallest absolute Gasteiger partial charge is 0.297 e. The molecule has 1 saturated heterocycles. The maximum atomic E-state index is 13.2. The predicted molar refractivity (Wildman–Crippen MR) is 129 cm³/mol. The first kappa shape index (κ1) is 20.7. The van der Waals surface area contributed by atoms with Gasteiger partial charge in [-0.15, -0.1) is 0 Å². The van der Waals surface area contributed by atoms with Gasteiger partial charge in [-0.3, -0.25) is 9.78 Å². The van der Waals surface area contributed by atoms with E-state index in [-0.39, 0.29) is 11.6 Å². The molecule has 1 fully saturated rings. The van der Waals surface area contributed by atoms with Gasteiger partial charge >= 0.3 is 0 Å². The average Bonchev–Trinajstić information content (AvgIpc) is 3.22. The molecule has 0 N–H and O–H groups in total. The molecular formula is C26H24N6O2. The van der Waals surface area contributed by atoms with E-state index in [4.69, 9.17) is 9.84 Å². The highest BCUT2D eigenvalue weighted by Gasteiger charge is 2.27. The van der Waals surface area contributed by atoms with Gasteiger partial charge in [0.2, 0.25) is 0 Å². The standard InChI is InChI=1S/C26H24N6O2/c1-17-6-9-20(14-28-17)19-10-7-18(8-11-19)15-31-25-22(5-2-12-27-25)23-24(29-31)26(33)32(30-23)21-4-3-13-34-16-21/h2,5-12,14,21H,3-4,13,15-16H2,1H3. The van der Waals surface area contributed by atoms with Crippen LogP contribution in [0.5, 0.6) is 0 Å². The van der Waals surface area contributed by atoms with Crippen molar-refractivity contribution in [1.29, 1.82) is 0 Å². The molecule has 0 bridgehead atoms. The molecule has 0 amide bonds. The summed E-state index contributed by atoms with van der Waals surface area (Å²) in [6.45, 7) is 3.71. The first-order valence-corrected chi connectivity index (χ1v) is 11.5. The van der Waals surface area contributed by atoms with E-state index in [2.05, 4.69) is 45.4 Å². The molecule has 0 saturated carbocycles. The molecule has 1 aromatic carbocycles. The lowest BCUT2D eigenvalue weighted by atomic mass is 10.1. The van der Waals surface area contributed by atoms with Gasteiger partial charge < -0.3 is 4.74 Å². The van der Waals surface area contributed by atoms with Crippen LogP contribution in [0.3, 0.4) is 0 Å². The molecular weight excluding hydrogens is 428 g/mol. The number of nitrogens with zero attached hydrogens (tertiary/aromatic N) is 6. The van der Waals surface area contributed by atoms with Crippen molar-refractivity contribution >= 4 is 11.0 Å². The summed E-state index contributed by atoms with van der Waals surface area (Å²) >= 11 is 0. The van der Waals surface area contributed by atoms with Crippen molar-refractivity contribution in [3.05, 3.63) is 82.5 Å². The number of fused-ring (bicyclic) bond motifs is 3. The summed E-state index contributed by atoms with van der Waals surface area (Å²) in [7, 11) is 0. The fraction of sp³-hybridized carbons (Fsp3) is 0.269. The van der Waals surface area contributed by atoms with Crippen molar-refractivity contribution in [2.75, 3.05) is 13.2 Å². The summed E-state index contributed by atoms with van der Waals surface area (Å²) in [4.78, 5) is 22.2. The van der Waals surface area contributed by atoms with Gasteiger partial charge in [-0.1, -0.05) is 30.3 Å². The third-order valence-electron chi connectivity index (χ3n) is 6.36. The van der Waals surface area contributed by atoms with Crippen molar-refractivity contribution in [3.63, 3.8) is 0 Å². The zero-order chi connectivity index (χ0) is 23.1. The van der Waals surface area contributed by atoms with Crippen molar-refractivity contribution in [3.8, 4) is 22.5 Å². The van der Waals surface area contributed by atoms with E-state index in [0.717, 1.165) is 47.2 Å². The van der Waals surface area contributed by atoms with Crippen LogP contribution in [0.15, 0.2) is 65.7 Å². The van der Waals surface area contributed by atoms with Gasteiger partial charge in [0.05, 0.1) is 19.2 Å². The van der Waals surface area contributed by atoms with Crippen LogP contribution in [0.25, 0.3) is 33.5 Å². The Morgan fingerprint density at radius 2 is 1.85 bits per heavy atom. The average molecular weight is 453 g/mol. The third-order valence-corrected chi connectivity index (χ3v) is 6.36. The predicted octanol–water partition coefficient (Wildman–Crippen LogP) is 3.86. The number of hydrogen-bond donors (Lipinski definition) is 0. The van der Waals surface area contributed by atoms with Crippen molar-refractivity contribution in [2.24, 2.45) is 0 Å². The second kappa shape index (κ2) is 8.46. The Kier molecular flexibility index (Phi) is 5.15. The summed E-state index contributed by atoms with van der Waals surface area (Å²) in [6, 6.07) is 16.1. The lowest BCUT2D eigenvalue weighted by Crippen LogP contribution is -2.29. The first-order chi connectivity index (χ1) is 16.7. The Morgan fingerprint density at radius 3 is 2.62 bits per heavy atom. The Bertz CT molecular complexity index is 1480. The number of aromatic nitrogens is 6. The molecule has 1 atom stereocenters. The van der Waals surface area contributed by atoms with Gasteiger partial charge in [0.15, 0.2) is 11.3 Å². The topological polar surface area (TPSA) is 87.7 Å². The number of ether oxygens (including phenoxy) is 1. The van der Waals surface area contributed by atoms with E-state index in [1.54, 1.807) is 15.6 Å². The molecule has 34 heavy (non-hydrogen) atoms. The molecule has 3 aliphatic rings. The van der Waals surface area contributed by atoms with Crippen LogP contribution in [0.4, 0.5) is 0 Å². The molecule has 6 rings (SSSR count). The van der Waals surface area contributed by atoms with Crippen LogP contribution < -0.4 is 5.56 Å². The minimum atomic E-state index is -0.174. The van der Waals surface area contributed by atoms with Crippen LogP contribution in [-0.2, 0) is 11.3 Å². The van der Waals surface area contributed by atoms with Gasteiger partial charge in [0.1, 0.15) is 5.69 Å². The van der Waals surface area contributed by atoms with Crippen LogP contribution in [0, 0.1) is 6.92 Å². The van der Waals surface area contributed by atoms with Crippen LogP contribution in [0.2, 0.25) is 0 Å². The van der Waals surface area contributed by atoms with E-state index in [1.165, 1.54) is 0 Å². The molecule has 0 spiro atoms. The number of benzene rings is 1. The third kappa shape index (κ3) is 3.66. The highest BCUT2D eigenvalue weighted by Crippen LogP contribution is 2.27. The molecule has 8 nitrogen and oxygen atoms in total. The molecule has 2 aromatic heterocycles. The molecule has 8 heteroatoms. The SMILES string of the molecule is Cc1ccc(-c2ccc(Cn3nc4c(=O)n(C5CCCOC5)nc-4c4cccnc43)cc2)cn1. The van der Waals surface area contributed by atoms with Gasteiger partial charge in [-0.05, 0) is 49.1 Å². The van der Waals surface area contributed by atoms with Crippen molar-refractivity contribution in [2.45, 2.75) is 32.4 Å². The van der Waals surface area contributed by atoms with Crippen LogP contribution in [0.1, 0.15) is 30.1 Å². The fourth-order valence-corrected chi connectivity index (χ4v) is 4.53. The fourth-order valence-electron chi connectivity index (χ4n) is 4.53. The summed E-state index contributed by atoms with van der Waals surface area (Å²) < 4.78 is 8.93. The number of pyridine rings is 2. The number of hydrogen-bond acceptors (Lipinski definition) is 6. The summed E-state index contributed by atoms with van der Waals surface area (Å²) in [5, 5.41) is 10.2. The Hall–Kier alpha value is -3.91. The molecule has 3 aromatic rings. The van der Waals surface area contributed by atoms with E-state index < -0.39 is 0 Å².